The molecule has 3 aromatic rings. The van der Waals surface area contributed by atoms with E-state index < -0.39 is 11.9 Å². The summed E-state index contributed by atoms with van der Waals surface area (Å²) < 4.78 is 40.5. The van der Waals surface area contributed by atoms with Gasteiger partial charge in [-0.05, 0) is 75.4 Å². The summed E-state index contributed by atoms with van der Waals surface area (Å²) in [6.07, 6.45) is -1.78. The predicted molar refractivity (Wildman–Crippen MR) is 132 cm³/mol. The van der Waals surface area contributed by atoms with Crippen LogP contribution in [0.3, 0.4) is 0 Å². The van der Waals surface area contributed by atoms with Crippen LogP contribution >= 0.6 is 23.2 Å². The van der Waals surface area contributed by atoms with Gasteiger partial charge >= 0.3 is 6.18 Å². The summed E-state index contributed by atoms with van der Waals surface area (Å²) in [5.41, 5.74) is 1.62. The highest BCUT2D eigenvalue weighted by Gasteiger charge is 2.35. The fourth-order valence-corrected chi connectivity index (χ4v) is 5.28. The zero-order chi connectivity index (χ0) is 25.5. The van der Waals surface area contributed by atoms with E-state index in [2.05, 4.69) is 15.3 Å². The minimum Gasteiger partial charge on any atom is -0.371 e. The maximum Gasteiger partial charge on any atom is 0.433 e. The van der Waals surface area contributed by atoms with Crippen LogP contribution in [0.5, 0.6) is 0 Å². The van der Waals surface area contributed by atoms with Crippen LogP contribution in [0.25, 0.3) is 10.9 Å². The molecule has 2 aromatic heterocycles. The van der Waals surface area contributed by atoms with Gasteiger partial charge in [-0.3, -0.25) is 4.79 Å². The van der Waals surface area contributed by atoms with Crippen LogP contribution in [0.2, 0.25) is 10.2 Å². The molecule has 0 unspecified atom stereocenters. The third kappa shape index (κ3) is 5.48. The second-order valence-electron chi connectivity index (χ2n) is 9.02. The van der Waals surface area contributed by atoms with Crippen LogP contribution in [-0.4, -0.2) is 35.0 Å². The van der Waals surface area contributed by atoms with E-state index in [1.54, 1.807) is 13.1 Å². The van der Waals surface area contributed by atoms with Crippen molar-refractivity contribution < 1.29 is 18.0 Å². The number of benzene rings is 1. The lowest BCUT2D eigenvalue weighted by Gasteiger charge is -2.37. The van der Waals surface area contributed by atoms with E-state index in [0.29, 0.717) is 47.3 Å². The number of fused-ring (bicyclic) bond motifs is 1. The number of nitrogens with one attached hydrogen (secondary N) is 1. The summed E-state index contributed by atoms with van der Waals surface area (Å²) >= 11 is 12.3. The summed E-state index contributed by atoms with van der Waals surface area (Å²) in [5.74, 6) is -0.263. The third-order valence-electron chi connectivity index (χ3n) is 6.53. The Balaban J connectivity index is 1.50. The van der Waals surface area contributed by atoms with Gasteiger partial charge in [0.25, 0.3) is 5.91 Å². The van der Waals surface area contributed by atoms with Crippen molar-refractivity contribution in [3.63, 3.8) is 0 Å². The van der Waals surface area contributed by atoms with Crippen LogP contribution in [0.15, 0.2) is 30.3 Å². The second-order valence-corrected chi connectivity index (χ2v) is 9.82. The summed E-state index contributed by atoms with van der Waals surface area (Å²) in [4.78, 5) is 22.7. The molecule has 1 fully saturated rings. The van der Waals surface area contributed by atoms with E-state index >= 15 is 0 Å². The molecule has 4 rings (SSSR count). The van der Waals surface area contributed by atoms with Gasteiger partial charge in [0.2, 0.25) is 0 Å². The molecule has 0 bridgehead atoms. The molecule has 1 saturated carbocycles. The Bertz CT molecular complexity index is 1250. The topological polar surface area (TPSA) is 58.1 Å². The van der Waals surface area contributed by atoms with Crippen LogP contribution in [0, 0.1) is 13.8 Å². The fourth-order valence-electron chi connectivity index (χ4n) is 4.74. The largest absolute Gasteiger partial charge is 0.433 e. The van der Waals surface area contributed by atoms with E-state index in [1.807, 2.05) is 24.8 Å². The Morgan fingerprint density at radius 2 is 1.74 bits per heavy atom. The Kier molecular flexibility index (Phi) is 7.16. The Morgan fingerprint density at radius 3 is 2.37 bits per heavy atom. The summed E-state index contributed by atoms with van der Waals surface area (Å²) in [6.45, 7) is 3.64. The van der Waals surface area contributed by atoms with Crippen molar-refractivity contribution in [2.75, 3.05) is 11.9 Å². The number of pyridine rings is 2. The lowest BCUT2D eigenvalue weighted by Crippen LogP contribution is -2.43. The SMILES string of the molecule is Cc1cc(C)c(C(=O)N[C@H]2CC[C@@H](N(C)c3cc(C(F)(F)F)nc4ccc(Cl)cc34)CC2)c(Cl)n1. The van der Waals surface area contributed by atoms with Gasteiger partial charge in [-0.2, -0.15) is 13.2 Å². The van der Waals surface area contributed by atoms with Crippen molar-refractivity contribution in [1.82, 2.24) is 15.3 Å². The Morgan fingerprint density at radius 1 is 1.06 bits per heavy atom. The van der Waals surface area contributed by atoms with Gasteiger partial charge in [-0.15, -0.1) is 0 Å². The van der Waals surface area contributed by atoms with Crippen molar-refractivity contribution in [2.24, 2.45) is 0 Å². The molecule has 2 heterocycles. The number of amides is 1. The quantitative estimate of drug-likeness (QED) is 0.383. The minimum atomic E-state index is -4.56. The van der Waals surface area contributed by atoms with Gasteiger partial charge in [0.05, 0.1) is 11.1 Å². The number of aromatic nitrogens is 2. The van der Waals surface area contributed by atoms with Gasteiger partial charge in [-0.1, -0.05) is 23.2 Å². The van der Waals surface area contributed by atoms with Crippen LogP contribution in [0.4, 0.5) is 18.9 Å². The predicted octanol–water partition coefficient (Wildman–Crippen LogP) is 6.75. The van der Waals surface area contributed by atoms with Crippen molar-refractivity contribution in [3.05, 3.63) is 63.0 Å². The molecular formula is C25H25Cl2F3N4O. The van der Waals surface area contributed by atoms with Gasteiger partial charge in [0.15, 0.2) is 0 Å². The molecule has 0 atom stereocenters. The van der Waals surface area contributed by atoms with Gasteiger partial charge in [-0.25, -0.2) is 9.97 Å². The molecule has 5 nitrogen and oxygen atoms in total. The number of rotatable bonds is 4. The van der Waals surface area contributed by atoms with Crippen LogP contribution < -0.4 is 10.2 Å². The number of alkyl halides is 3. The highest BCUT2D eigenvalue weighted by molar-refractivity contribution is 6.33. The standard InChI is InChI=1S/C25H25Cl2F3N4O/c1-13-10-14(2)31-23(27)22(13)24(35)32-16-5-7-17(8-6-16)34(3)20-12-21(25(28,29)30)33-19-9-4-15(26)11-18(19)20/h4,9-12,16-17H,5-8H2,1-3H3,(H,32,35)/t16-,17+. The maximum absolute atomic E-state index is 13.5. The number of hydrogen-bond donors (Lipinski definition) is 1. The van der Waals surface area contributed by atoms with Crippen molar-refractivity contribution >= 4 is 45.7 Å². The molecule has 0 radical (unpaired) electrons. The normalized spacial score (nSPS) is 18.5. The zero-order valence-corrected chi connectivity index (χ0v) is 21.0. The molecule has 1 aliphatic rings. The number of hydrogen-bond acceptors (Lipinski definition) is 4. The number of aryl methyl sites for hydroxylation is 2. The van der Waals surface area contributed by atoms with E-state index in [0.717, 1.165) is 17.3 Å². The first-order valence-electron chi connectivity index (χ1n) is 11.3. The summed E-state index contributed by atoms with van der Waals surface area (Å²) in [5, 5.41) is 4.22. The van der Waals surface area contributed by atoms with E-state index in [-0.39, 0.29) is 28.7 Å². The van der Waals surface area contributed by atoms with E-state index in [4.69, 9.17) is 23.2 Å². The number of nitrogens with zero attached hydrogens (tertiary/aromatic N) is 3. The molecule has 1 amide bonds. The highest BCUT2D eigenvalue weighted by atomic mass is 35.5. The summed E-state index contributed by atoms with van der Waals surface area (Å²) in [6, 6.07) is 7.52. The first kappa shape index (κ1) is 25.5. The summed E-state index contributed by atoms with van der Waals surface area (Å²) in [7, 11) is 1.79. The Labute approximate surface area is 211 Å². The molecule has 1 N–H and O–H groups in total. The van der Waals surface area contributed by atoms with Crippen molar-refractivity contribution in [1.29, 1.82) is 0 Å². The maximum atomic E-state index is 13.5. The van der Waals surface area contributed by atoms with E-state index in [9.17, 15) is 18.0 Å². The molecular weight excluding hydrogens is 500 g/mol. The average Bonchev–Trinajstić information content (AvgIpc) is 2.77. The smallest absolute Gasteiger partial charge is 0.371 e. The average molecular weight is 525 g/mol. The molecule has 35 heavy (non-hydrogen) atoms. The van der Waals surface area contributed by atoms with Crippen molar-refractivity contribution in [2.45, 2.75) is 57.8 Å². The Hall–Kier alpha value is -2.58. The number of carbonyl (C=O) groups excluding carboxylic acids is 1. The van der Waals surface area contributed by atoms with Gasteiger partial charge < -0.3 is 10.2 Å². The molecule has 0 spiro atoms. The van der Waals surface area contributed by atoms with Crippen molar-refractivity contribution in [3.8, 4) is 0 Å². The lowest BCUT2D eigenvalue weighted by molar-refractivity contribution is -0.140. The molecule has 1 aliphatic carbocycles. The monoisotopic (exact) mass is 524 g/mol. The molecule has 186 valence electrons. The van der Waals surface area contributed by atoms with Gasteiger partial charge in [0, 0.05) is 40.9 Å². The second kappa shape index (κ2) is 9.82. The fraction of sp³-hybridized carbons (Fsp3) is 0.400. The van der Waals surface area contributed by atoms with E-state index in [1.165, 1.54) is 12.1 Å². The number of halogens is 5. The highest BCUT2D eigenvalue weighted by Crippen LogP contribution is 2.37. The molecule has 10 heteroatoms. The zero-order valence-electron chi connectivity index (χ0n) is 19.5. The lowest BCUT2D eigenvalue weighted by atomic mass is 9.89. The van der Waals surface area contributed by atoms with Gasteiger partial charge in [0.1, 0.15) is 10.8 Å². The van der Waals surface area contributed by atoms with Crippen LogP contribution in [0.1, 0.15) is 53.0 Å². The minimum absolute atomic E-state index is 0.000169. The first-order valence-corrected chi connectivity index (χ1v) is 12.0. The number of anilines is 1. The molecule has 1 aromatic carbocycles. The molecule has 0 saturated heterocycles. The van der Waals surface area contributed by atoms with Crippen LogP contribution in [-0.2, 0) is 6.18 Å². The first-order chi connectivity index (χ1) is 16.4. The number of carbonyl (C=O) groups is 1. The molecule has 0 aliphatic heterocycles. The third-order valence-corrected chi connectivity index (χ3v) is 7.04.